The number of piperidine rings is 1. The summed E-state index contributed by atoms with van der Waals surface area (Å²) in [6.07, 6.45) is 5.56. The summed E-state index contributed by atoms with van der Waals surface area (Å²) < 4.78 is 5.58. The van der Waals surface area contributed by atoms with E-state index in [-0.39, 0.29) is 30.1 Å². The molecule has 0 saturated carbocycles. The number of pyridine rings is 1. The molecular weight excluding hydrogens is 453 g/mol. The van der Waals surface area contributed by atoms with Gasteiger partial charge in [-0.25, -0.2) is 9.98 Å². The molecule has 1 aliphatic rings. The van der Waals surface area contributed by atoms with Crippen LogP contribution in [0.3, 0.4) is 0 Å². The van der Waals surface area contributed by atoms with E-state index in [0.29, 0.717) is 18.5 Å². The van der Waals surface area contributed by atoms with Crippen molar-refractivity contribution in [2.24, 2.45) is 4.99 Å². The van der Waals surface area contributed by atoms with Gasteiger partial charge in [-0.05, 0) is 52.1 Å². The van der Waals surface area contributed by atoms with Gasteiger partial charge < -0.3 is 20.3 Å². The lowest BCUT2D eigenvalue weighted by Gasteiger charge is -2.32. The fraction of sp³-hybridized carbons (Fsp3) is 0.700. The number of guanidine groups is 1. The van der Waals surface area contributed by atoms with E-state index in [1.165, 1.54) is 38.9 Å². The number of ether oxygens (including phenoxy) is 1. The maximum absolute atomic E-state index is 5.58. The molecule has 0 radical (unpaired) electrons. The van der Waals surface area contributed by atoms with Crippen molar-refractivity contribution in [2.75, 3.05) is 26.2 Å². The molecule has 27 heavy (non-hydrogen) atoms. The molecule has 0 unspecified atom stereocenters. The fourth-order valence-electron chi connectivity index (χ4n) is 3.12. The first-order chi connectivity index (χ1) is 12.6. The molecule has 2 heterocycles. The van der Waals surface area contributed by atoms with Crippen LogP contribution in [0.2, 0.25) is 0 Å². The molecule has 2 N–H and O–H groups in total. The van der Waals surface area contributed by atoms with Crippen molar-refractivity contribution in [3.05, 3.63) is 23.9 Å². The van der Waals surface area contributed by atoms with Gasteiger partial charge in [-0.2, -0.15) is 0 Å². The lowest BCUT2D eigenvalue weighted by molar-refractivity contribution is 0.206. The summed E-state index contributed by atoms with van der Waals surface area (Å²) in [5, 5.41) is 6.95. The first kappa shape index (κ1) is 23.9. The Hall–Kier alpha value is -1.09. The smallest absolute Gasteiger partial charge is 0.213 e. The average molecular weight is 489 g/mol. The highest BCUT2D eigenvalue weighted by atomic mass is 127. The number of hydrogen-bond donors (Lipinski definition) is 2. The van der Waals surface area contributed by atoms with Gasteiger partial charge in [0, 0.05) is 37.9 Å². The molecule has 6 nitrogen and oxygen atoms in total. The summed E-state index contributed by atoms with van der Waals surface area (Å²) in [4.78, 5) is 11.6. The normalized spacial score (nSPS) is 16.1. The Morgan fingerprint density at radius 1 is 1.30 bits per heavy atom. The lowest BCUT2D eigenvalue weighted by Crippen LogP contribution is -2.48. The largest absolute Gasteiger partial charge is 0.475 e. The van der Waals surface area contributed by atoms with E-state index in [9.17, 15) is 0 Å². The average Bonchev–Trinajstić information content (AvgIpc) is 2.62. The van der Waals surface area contributed by atoms with Gasteiger partial charge in [0.1, 0.15) is 0 Å². The summed E-state index contributed by atoms with van der Waals surface area (Å²) in [6, 6.07) is 4.44. The summed E-state index contributed by atoms with van der Waals surface area (Å²) in [6.45, 7) is 13.4. The molecule has 1 aliphatic heterocycles. The molecule has 7 heteroatoms. The molecule has 1 aromatic heterocycles. The monoisotopic (exact) mass is 489 g/mol. The van der Waals surface area contributed by atoms with Crippen LogP contribution in [0.1, 0.15) is 52.5 Å². The number of aromatic nitrogens is 1. The summed E-state index contributed by atoms with van der Waals surface area (Å²) in [5.41, 5.74) is 1.08. The highest BCUT2D eigenvalue weighted by Crippen LogP contribution is 2.12. The van der Waals surface area contributed by atoms with Crippen LogP contribution < -0.4 is 15.4 Å². The minimum absolute atomic E-state index is 0. The molecule has 0 amide bonds. The predicted octanol–water partition coefficient (Wildman–Crippen LogP) is 3.42. The van der Waals surface area contributed by atoms with Gasteiger partial charge in [0.05, 0.1) is 12.6 Å². The van der Waals surface area contributed by atoms with Crippen molar-refractivity contribution in [1.29, 1.82) is 0 Å². The summed E-state index contributed by atoms with van der Waals surface area (Å²) in [7, 11) is 0. The Balaban J connectivity index is 0.00000364. The third-order valence-electron chi connectivity index (χ3n) is 4.39. The SMILES string of the molecule is CCCN1CCC(NC(=NCc2ccc(OC(C)C)nc2)NCC)CC1.I. The van der Waals surface area contributed by atoms with Crippen LogP contribution in [-0.4, -0.2) is 54.2 Å². The highest BCUT2D eigenvalue weighted by Gasteiger charge is 2.19. The van der Waals surface area contributed by atoms with Crippen molar-refractivity contribution in [3.8, 4) is 5.88 Å². The van der Waals surface area contributed by atoms with E-state index in [1.807, 2.05) is 32.2 Å². The Kier molecular flexibility index (Phi) is 11.7. The van der Waals surface area contributed by atoms with Gasteiger partial charge in [0.15, 0.2) is 5.96 Å². The Bertz CT molecular complexity index is 542. The van der Waals surface area contributed by atoms with Crippen LogP contribution in [-0.2, 0) is 6.54 Å². The summed E-state index contributed by atoms with van der Waals surface area (Å²) in [5.74, 6) is 1.56. The second-order valence-corrected chi connectivity index (χ2v) is 7.13. The van der Waals surface area contributed by atoms with E-state index in [0.717, 1.165) is 18.1 Å². The van der Waals surface area contributed by atoms with E-state index < -0.39 is 0 Å². The molecule has 154 valence electrons. The van der Waals surface area contributed by atoms with Gasteiger partial charge >= 0.3 is 0 Å². The molecule has 1 aromatic rings. The molecule has 2 rings (SSSR count). The second kappa shape index (κ2) is 13.1. The van der Waals surface area contributed by atoms with Crippen LogP contribution in [0.4, 0.5) is 0 Å². The quantitative estimate of drug-likeness (QED) is 0.333. The lowest BCUT2D eigenvalue weighted by atomic mass is 10.1. The maximum Gasteiger partial charge on any atom is 0.213 e. The van der Waals surface area contributed by atoms with Crippen molar-refractivity contribution >= 4 is 29.9 Å². The van der Waals surface area contributed by atoms with E-state index >= 15 is 0 Å². The number of hydrogen-bond acceptors (Lipinski definition) is 4. The van der Waals surface area contributed by atoms with Crippen LogP contribution in [0.25, 0.3) is 0 Å². The molecule has 1 saturated heterocycles. The van der Waals surface area contributed by atoms with Gasteiger partial charge in [-0.1, -0.05) is 13.0 Å². The fourth-order valence-corrected chi connectivity index (χ4v) is 3.12. The Morgan fingerprint density at radius 3 is 2.59 bits per heavy atom. The van der Waals surface area contributed by atoms with Crippen LogP contribution in [0.15, 0.2) is 23.3 Å². The van der Waals surface area contributed by atoms with Crippen molar-refractivity contribution in [1.82, 2.24) is 20.5 Å². The molecule has 0 aliphatic carbocycles. The third-order valence-corrected chi connectivity index (χ3v) is 4.39. The number of likely N-dealkylation sites (tertiary alicyclic amines) is 1. The second-order valence-electron chi connectivity index (χ2n) is 7.13. The molecule has 0 aromatic carbocycles. The predicted molar refractivity (Wildman–Crippen MR) is 123 cm³/mol. The van der Waals surface area contributed by atoms with Crippen molar-refractivity contribution in [3.63, 3.8) is 0 Å². The number of nitrogens with one attached hydrogen (secondary N) is 2. The van der Waals surface area contributed by atoms with Gasteiger partial charge in [-0.3, -0.25) is 0 Å². The van der Waals surface area contributed by atoms with Crippen LogP contribution >= 0.6 is 24.0 Å². The van der Waals surface area contributed by atoms with Gasteiger partial charge in [0.2, 0.25) is 5.88 Å². The minimum Gasteiger partial charge on any atom is -0.475 e. The Labute approximate surface area is 181 Å². The molecule has 0 bridgehead atoms. The zero-order chi connectivity index (χ0) is 18.8. The minimum atomic E-state index is 0. The number of nitrogens with zero attached hydrogens (tertiary/aromatic N) is 3. The molecule has 0 atom stereocenters. The topological polar surface area (TPSA) is 61.8 Å². The third kappa shape index (κ3) is 9.10. The molecular formula is C20H36IN5O. The molecule has 1 fully saturated rings. The summed E-state index contributed by atoms with van der Waals surface area (Å²) >= 11 is 0. The van der Waals surface area contributed by atoms with Crippen molar-refractivity contribution < 1.29 is 4.74 Å². The van der Waals surface area contributed by atoms with E-state index in [2.05, 4.69) is 34.4 Å². The van der Waals surface area contributed by atoms with Crippen LogP contribution in [0.5, 0.6) is 5.88 Å². The van der Waals surface area contributed by atoms with Crippen molar-refractivity contribution in [2.45, 2.75) is 65.6 Å². The van der Waals surface area contributed by atoms with Gasteiger partial charge in [0.25, 0.3) is 0 Å². The van der Waals surface area contributed by atoms with E-state index in [1.54, 1.807) is 0 Å². The van der Waals surface area contributed by atoms with Crippen LogP contribution in [0, 0.1) is 0 Å². The number of halogens is 1. The standard InChI is InChI=1S/C20H35N5O.HI/c1-5-11-25-12-9-18(10-13-25)24-20(21-6-2)23-15-17-7-8-19(22-14-17)26-16(3)4;/h7-8,14,16,18H,5-6,9-13,15H2,1-4H3,(H2,21,23,24);1H. The highest BCUT2D eigenvalue weighted by molar-refractivity contribution is 14.0. The maximum atomic E-state index is 5.58. The number of rotatable bonds is 8. The number of aliphatic imine (C=N–C) groups is 1. The zero-order valence-electron chi connectivity index (χ0n) is 17.2. The molecule has 0 spiro atoms. The van der Waals surface area contributed by atoms with E-state index in [4.69, 9.17) is 9.73 Å². The first-order valence-electron chi connectivity index (χ1n) is 9.99. The zero-order valence-corrected chi connectivity index (χ0v) is 19.5. The Morgan fingerprint density at radius 2 is 2.04 bits per heavy atom. The first-order valence-corrected chi connectivity index (χ1v) is 9.99. The van der Waals surface area contributed by atoms with Gasteiger partial charge in [-0.15, -0.1) is 24.0 Å².